The van der Waals surface area contributed by atoms with Gasteiger partial charge in [-0.3, -0.25) is 0 Å². The normalized spacial score (nSPS) is 15.2. The summed E-state index contributed by atoms with van der Waals surface area (Å²) in [4.78, 5) is 11.7. The first-order valence-corrected chi connectivity index (χ1v) is 6.75. The Morgan fingerprint density at radius 3 is 1.94 bits per heavy atom. The lowest BCUT2D eigenvalue weighted by Gasteiger charge is -2.32. The van der Waals surface area contributed by atoms with Crippen molar-refractivity contribution in [3.63, 3.8) is 0 Å². The molecule has 0 saturated heterocycles. The molecule has 0 aromatic rings. The lowest BCUT2D eigenvalue weighted by Crippen LogP contribution is -2.48. The second kappa shape index (κ2) is 7.40. The van der Waals surface area contributed by atoms with E-state index in [1.165, 1.54) is 12.8 Å². The van der Waals surface area contributed by atoms with E-state index in [2.05, 4.69) is 6.92 Å². The number of hydrogen-bond donors (Lipinski definition) is 0. The van der Waals surface area contributed by atoms with Crippen molar-refractivity contribution in [1.82, 2.24) is 5.06 Å². The minimum Gasteiger partial charge on any atom is -0.202 e. The number of nitrogens with zero attached hydrogens (tertiary/aromatic N) is 3. The van der Waals surface area contributed by atoms with Gasteiger partial charge in [0.25, 0.3) is 0 Å². The van der Waals surface area contributed by atoms with Crippen molar-refractivity contribution >= 4 is 0 Å². The average molecular weight is 263 g/mol. The van der Waals surface area contributed by atoms with Crippen molar-refractivity contribution in [3.8, 4) is 0 Å². The van der Waals surface area contributed by atoms with E-state index >= 15 is 0 Å². The van der Waals surface area contributed by atoms with E-state index in [1.54, 1.807) is 0 Å². The van der Waals surface area contributed by atoms with Crippen LogP contribution in [0.1, 0.15) is 26.2 Å². The molecule has 0 amide bonds. The molecule has 0 spiro atoms. The van der Waals surface area contributed by atoms with E-state index in [1.807, 2.05) is 54.4 Å². The van der Waals surface area contributed by atoms with Crippen LogP contribution in [-0.4, -0.2) is 76.3 Å². The second-order valence-corrected chi connectivity index (χ2v) is 6.50. The van der Waals surface area contributed by atoms with Crippen LogP contribution in [0.2, 0.25) is 0 Å². The van der Waals surface area contributed by atoms with Crippen LogP contribution in [-0.2, 0) is 9.78 Å². The van der Waals surface area contributed by atoms with Gasteiger partial charge in [0.05, 0.1) is 48.3 Å². The van der Waals surface area contributed by atoms with Crippen LogP contribution in [0.5, 0.6) is 0 Å². The largest absolute Gasteiger partial charge is 0.202 e. The highest BCUT2D eigenvalue weighted by Gasteiger charge is 2.24. The molecule has 0 aliphatic rings. The zero-order chi connectivity index (χ0) is 14.4. The number of hydrogen-bond acceptors (Lipinski definition) is 3. The average Bonchev–Trinajstić information content (AvgIpc) is 2.13. The van der Waals surface area contributed by atoms with Gasteiger partial charge < -0.3 is 0 Å². The summed E-state index contributed by atoms with van der Waals surface area (Å²) in [7, 11) is 14.1. The Morgan fingerprint density at radius 2 is 1.56 bits per heavy atom. The smallest absolute Gasteiger partial charge is 0.124 e. The van der Waals surface area contributed by atoms with Crippen LogP contribution >= 0.6 is 0 Å². The summed E-state index contributed by atoms with van der Waals surface area (Å²) in [5.41, 5.74) is 0. The Bertz CT molecular complexity index is 221. The molecule has 0 N–H and O–H groups in total. The number of hydroxylamine groups is 8. The molecule has 0 aliphatic heterocycles. The third-order valence-electron chi connectivity index (χ3n) is 2.43. The van der Waals surface area contributed by atoms with Gasteiger partial charge in [-0.2, -0.15) is 9.29 Å². The molecule has 0 saturated carbocycles. The van der Waals surface area contributed by atoms with Crippen LogP contribution in [0.4, 0.5) is 0 Å². The maximum Gasteiger partial charge on any atom is 0.124 e. The molecular formula is C13H33N3O2+2. The fourth-order valence-corrected chi connectivity index (χ4v) is 1.57. The standard InChI is InChI=1S/C13H33N3O2/c1-9-10-11-13(12-17-15(3,4)5)14(2)18-16(6,7)8/h13H,9-12H2,1-8H3/q+2/t13-/m1/s1. The van der Waals surface area contributed by atoms with E-state index in [0.29, 0.717) is 21.9 Å². The zero-order valence-electron chi connectivity index (χ0n) is 13.6. The van der Waals surface area contributed by atoms with Gasteiger partial charge in [0, 0.05) is 7.05 Å². The van der Waals surface area contributed by atoms with Crippen molar-refractivity contribution in [3.05, 3.63) is 0 Å². The highest BCUT2D eigenvalue weighted by Crippen LogP contribution is 2.12. The summed E-state index contributed by atoms with van der Waals surface area (Å²) in [5.74, 6) is 0. The summed E-state index contributed by atoms with van der Waals surface area (Å²) >= 11 is 0. The molecule has 0 aromatic carbocycles. The first-order valence-electron chi connectivity index (χ1n) is 6.75. The predicted molar refractivity (Wildman–Crippen MR) is 74.2 cm³/mol. The Balaban J connectivity index is 4.37. The lowest BCUT2D eigenvalue weighted by molar-refractivity contribution is -1.09. The molecule has 0 aromatic heterocycles. The summed E-state index contributed by atoms with van der Waals surface area (Å²) in [5, 5.41) is 1.94. The summed E-state index contributed by atoms with van der Waals surface area (Å²) in [6.07, 6.45) is 3.47. The topological polar surface area (TPSA) is 21.7 Å². The van der Waals surface area contributed by atoms with Gasteiger partial charge in [-0.25, -0.2) is 4.84 Å². The molecule has 0 aliphatic carbocycles. The van der Waals surface area contributed by atoms with Gasteiger partial charge in [-0.05, 0) is 6.42 Å². The van der Waals surface area contributed by atoms with E-state index in [9.17, 15) is 0 Å². The molecule has 0 rings (SSSR count). The highest BCUT2D eigenvalue weighted by atomic mass is 16.9. The zero-order valence-corrected chi connectivity index (χ0v) is 13.6. The predicted octanol–water partition coefficient (Wildman–Crippen LogP) is 1.67. The molecule has 18 heavy (non-hydrogen) atoms. The maximum atomic E-state index is 5.85. The first kappa shape index (κ1) is 17.8. The fraction of sp³-hybridized carbons (Fsp3) is 1.00. The number of likely N-dealkylation sites (N-methyl/N-ethyl adjacent to an activating group) is 1. The fourth-order valence-electron chi connectivity index (χ4n) is 1.57. The highest BCUT2D eigenvalue weighted by molar-refractivity contribution is 4.61. The molecule has 0 fully saturated rings. The Labute approximate surface area is 113 Å². The lowest BCUT2D eigenvalue weighted by atomic mass is 10.1. The molecule has 0 heterocycles. The van der Waals surface area contributed by atoms with Crippen molar-refractivity contribution in [1.29, 1.82) is 0 Å². The maximum absolute atomic E-state index is 5.85. The van der Waals surface area contributed by atoms with Crippen molar-refractivity contribution in [2.24, 2.45) is 0 Å². The van der Waals surface area contributed by atoms with Crippen LogP contribution in [0.25, 0.3) is 0 Å². The van der Waals surface area contributed by atoms with E-state index in [4.69, 9.17) is 9.78 Å². The first-order chi connectivity index (χ1) is 8.05. The van der Waals surface area contributed by atoms with Gasteiger partial charge >= 0.3 is 0 Å². The van der Waals surface area contributed by atoms with Gasteiger partial charge in [0.2, 0.25) is 0 Å². The SMILES string of the molecule is CCCC[C@H](CO[N+](C)(C)C)N(C)O[N+](C)(C)C. The van der Waals surface area contributed by atoms with Crippen LogP contribution in [0, 0.1) is 0 Å². The Morgan fingerprint density at radius 1 is 1.00 bits per heavy atom. The molecular weight excluding hydrogens is 230 g/mol. The number of unbranched alkanes of at least 4 members (excludes halogenated alkanes) is 1. The van der Waals surface area contributed by atoms with Crippen molar-refractivity contribution < 1.29 is 19.1 Å². The van der Waals surface area contributed by atoms with Gasteiger partial charge in [0.15, 0.2) is 0 Å². The molecule has 5 heteroatoms. The molecule has 1 atom stereocenters. The van der Waals surface area contributed by atoms with Gasteiger partial charge in [-0.15, -0.1) is 10.0 Å². The van der Waals surface area contributed by atoms with Gasteiger partial charge in [-0.1, -0.05) is 19.8 Å². The third-order valence-corrected chi connectivity index (χ3v) is 2.43. The Hall–Kier alpha value is -0.200. The summed E-state index contributed by atoms with van der Waals surface area (Å²) in [6, 6.07) is 0.291. The molecule has 0 radical (unpaired) electrons. The minimum absolute atomic E-state index is 0.291. The molecule has 0 unspecified atom stereocenters. The van der Waals surface area contributed by atoms with Crippen LogP contribution in [0.3, 0.4) is 0 Å². The quantitative estimate of drug-likeness (QED) is 0.466. The second-order valence-electron chi connectivity index (χ2n) is 6.50. The molecule has 110 valence electrons. The number of quaternary nitrogens is 2. The summed E-state index contributed by atoms with van der Waals surface area (Å²) < 4.78 is 0.977. The Kier molecular flexibility index (Phi) is 7.32. The molecule has 0 bridgehead atoms. The number of rotatable bonds is 9. The van der Waals surface area contributed by atoms with Crippen molar-refractivity contribution in [2.75, 3.05) is 55.9 Å². The van der Waals surface area contributed by atoms with E-state index in [0.717, 1.165) is 6.42 Å². The third kappa shape index (κ3) is 9.79. The van der Waals surface area contributed by atoms with Crippen LogP contribution < -0.4 is 0 Å². The van der Waals surface area contributed by atoms with E-state index in [-0.39, 0.29) is 0 Å². The van der Waals surface area contributed by atoms with Crippen molar-refractivity contribution in [2.45, 2.75) is 32.2 Å². The van der Waals surface area contributed by atoms with Gasteiger partial charge in [0.1, 0.15) is 6.61 Å². The summed E-state index contributed by atoms with van der Waals surface area (Å²) in [6.45, 7) is 2.89. The minimum atomic E-state index is 0.291. The monoisotopic (exact) mass is 263 g/mol. The molecule has 5 nitrogen and oxygen atoms in total. The van der Waals surface area contributed by atoms with Crippen LogP contribution in [0.15, 0.2) is 0 Å². The van der Waals surface area contributed by atoms with E-state index < -0.39 is 0 Å².